The Balaban J connectivity index is 2.62. The molecule has 1 aromatic heterocycles. The monoisotopic (exact) mass is 320 g/mol. The number of nitrogens with one attached hydrogen (secondary N) is 1. The highest BCUT2D eigenvalue weighted by Gasteiger charge is 2.24. The molecule has 0 fully saturated rings. The minimum absolute atomic E-state index is 0.0369. The van der Waals surface area contributed by atoms with Crippen molar-refractivity contribution in [1.82, 2.24) is 9.62 Å². The van der Waals surface area contributed by atoms with Gasteiger partial charge in [-0.25, -0.2) is 8.42 Å². The second kappa shape index (κ2) is 7.16. The molecule has 1 aromatic rings. The fraction of sp³-hybridized carbons (Fsp3) is 0.583. The van der Waals surface area contributed by atoms with Crippen molar-refractivity contribution in [2.24, 2.45) is 5.92 Å². The van der Waals surface area contributed by atoms with E-state index in [9.17, 15) is 13.2 Å². The van der Waals surface area contributed by atoms with Gasteiger partial charge in [0.1, 0.15) is 4.21 Å². The predicted molar refractivity (Wildman–Crippen MR) is 78.0 cm³/mol. The van der Waals surface area contributed by atoms with Crippen LogP contribution < -0.4 is 5.32 Å². The summed E-state index contributed by atoms with van der Waals surface area (Å²) in [5.74, 6) is -0.474. The van der Waals surface area contributed by atoms with Crippen molar-refractivity contribution < 1.29 is 18.3 Å². The van der Waals surface area contributed by atoms with Gasteiger partial charge < -0.3 is 10.4 Å². The van der Waals surface area contributed by atoms with E-state index in [2.05, 4.69) is 5.32 Å². The molecular weight excluding hydrogens is 300 g/mol. The number of aliphatic hydroxyl groups excluding tert-OH is 1. The number of thiophene rings is 1. The van der Waals surface area contributed by atoms with Crippen LogP contribution in [0.25, 0.3) is 0 Å². The van der Waals surface area contributed by atoms with E-state index in [0.717, 1.165) is 15.6 Å². The average molecular weight is 320 g/mol. The van der Waals surface area contributed by atoms with Crippen molar-refractivity contribution >= 4 is 27.3 Å². The summed E-state index contributed by atoms with van der Waals surface area (Å²) in [5, 5.41) is 13.3. The predicted octanol–water partition coefficient (Wildman–Crippen LogP) is 0.502. The van der Waals surface area contributed by atoms with E-state index in [1.165, 1.54) is 13.1 Å². The van der Waals surface area contributed by atoms with Crippen LogP contribution in [0.15, 0.2) is 21.7 Å². The summed E-state index contributed by atoms with van der Waals surface area (Å²) < 4.78 is 25.5. The van der Waals surface area contributed by atoms with Crippen LogP contribution in [-0.2, 0) is 14.8 Å². The summed E-state index contributed by atoms with van der Waals surface area (Å²) in [6.07, 6.45) is 0. The Morgan fingerprint density at radius 2 is 2.15 bits per heavy atom. The molecule has 0 saturated carbocycles. The van der Waals surface area contributed by atoms with E-state index in [-0.39, 0.29) is 35.2 Å². The third-order valence-corrected chi connectivity index (χ3v) is 6.23. The number of rotatable bonds is 7. The summed E-state index contributed by atoms with van der Waals surface area (Å²) >= 11 is 1.11. The Hall–Kier alpha value is -0.960. The van der Waals surface area contributed by atoms with Crippen molar-refractivity contribution in [3.8, 4) is 0 Å². The first-order chi connectivity index (χ1) is 9.28. The van der Waals surface area contributed by atoms with Crippen molar-refractivity contribution in [2.45, 2.75) is 24.1 Å². The zero-order chi connectivity index (χ0) is 15.3. The van der Waals surface area contributed by atoms with Gasteiger partial charge >= 0.3 is 0 Å². The number of carbonyl (C=O) groups excluding carboxylic acids is 1. The van der Waals surface area contributed by atoms with Gasteiger partial charge in [-0.1, -0.05) is 13.0 Å². The van der Waals surface area contributed by atoms with Gasteiger partial charge in [0, 0.05) is 19.7 Å². The highest BCUT2D eigenvalue weighted by molar-refractivity contribution is 7.91. The average Bonchev–Trinajstić information content (AvgIpc) is 2.91. The molecule has 0 saturated heterocycles. The molecule has 0 bridgehead atoms. The third-order valence-electron chi connectivity index (χ3n) is 3.06. The van der Waals surface area contributed by atoms with Crippen molar-refractivity contribution in [1.29, 1.82) is 0 Å². The Morgan fingerprint density at radius 1 is 1.50 bits per heavy atom. The van der Waals surface area contributed by atoms with Crippen LogP contribution >= 0.6 is 11.3 Å². The van der Waals surface area contributed by atoms with Crippen LogP contribution in [0.2, 0.25) is 0 Å². The molecule has 0 aromatic carbocycles. The summed E-state index contributed by atoms with van der Waals surface area (Å²) in [6.45, 7) is 3.29. The maximum Gasteiger partial charge on any atom is 0.252 e. The summed E-state index contributed by atoms with van der Waals surface area (Å²) in [5.41, 5.74) is 0. The fourth-order valence-corrected chi connectivity index (χ4v) is 3.78. The molecule has 0 aliphatic rings. The zero-order valence-corrected chi connectivity index (χ0v) is 13.4. The van der Waals surface area contributed by atoms with Crippen LogP contribution in [-0.4, -0.2) is 50.0 Å². The van der Waals surface area contributed by atoms with Crippen molar-refractivity contribution in [2.75, 3.05) is 20.2 Å². The Bertz CT molecular complexity index is 528. The van der Waals surface area contributed by atoms with E-state index in [1.807, 2.05) is 0 Å². The first kappa shape index (κ1) is 17.1. The Labute approximate surface area is 123 Å². The number of hydrogen-bond donors (Lipinski definition) is 2. The molecule has 8 heteroatoms. The molecule has 2 unspecified atom stereocenters. The lowest BCUT2D eigenvalue weighted by atomic mass is 10.1. The standard InChI is InChI=1S/C12H20N2O4S2/c1-9(8-15)10(2)13-11(16)7-14(3)20(17,18)12-5-4-6-19-12/h4-6,9-10,15H,7-8H2,1-3H3,(H,13,16). The molecule has 2 N–H and O–H groups in total. The maximum absolute atomic E-state index is 12.1. The summed E-state index contributed by atoms with van der Waals surface area (Å²) in [4.78, 5) is 11.8. The van der Waals surface area contributed by atoms with Crippen molar-refractivity contribution in [3.05, 3.63) is 17.5 Å². The SMILES string of the molecule is CC(CO)C(C)NC(=O)CN(C)S(=O)(=O)c1cccs1. The molecule has 0 radical (unpaired) electrons. The number of aliphatic hydroxyl groups is 1. The van der Waals surface area contributed by atoms with E-state index in [4.69, 9.17) is 5.11 Å². The van der Waals surface area contributed by atoms with Gasteiger partial charge in [-0.05, 0) is 24.3 Å². The largest absolute Gasteiger partial charge is 0.396 e. The molecule has 114 valence electrons. The van der Waals surface area contributed by atoms with E-state index in [0.29, 0.717) is 0 Å². The minimum Gasteiger partial charge on any atom is -0.396 e. The number of carbonyl (C=O) groups is 1. The van der Waals surface area contributed by atoms with Crippen LogP contribution in [0.3, 0.4) is 0 Å². The second-order valence-electron chi connectivity index (χ2n) is 4.71. The van der Waals surface area contributed by atoms with Gasteiger partial charge in [0.15, 0.2) is 0 Å². The van der Waals surface area contributed by atoms with E-state index in [1.54, 1.807) is 25.3 Å². The van der Waals surface area contributed by atoms with E-state index >= 15 is 0 Å². The Kier molecular flexibility index (Phi) is 6.12. The second-order valence-corrected chi connectivity index (χ2v) is 7.93. The van der Waals surface area contributed by atoms with Gasteiger partial charge in [0.05, 0.1) is 6.54 Å². The molecule has 1 amide bonds. The first-order valence-corrected chi connectivity index (χ1v) is 8.51. The number of likely N-dealkylation sites (N-methyl/N-ethyl adjacent to an activating group) is 1. The first-order valence-electron chi connectivity index (χ1n) is 6.19. The molecule has 0 spiro atoms. The van der Waals surface area contributed by atoms with E-state index < -0.39 is 10.0 Å². The number of hydrogen-bond acceptors (Lipinski definition) is 5. The van der Waals surface area contributed by atoms with Gasteiger partial charge in [-0.15, -0.1) is 11.3 Å². The number of sulfonamides is 1. The van der Waals surface area contributed by atoms with Gasteiger partial charge in [-0.2, -0.15) is 4.31 Å². The van der Waals surface area contributed by atoms with Crippen molar-refractivity contribution in [3.63, 3.8) is 0 Å². The van der Waals surface area contributed by atoms with Crippen LogP contribution in [0.1, 0.15) is 13.8 Å². The van der Waals surface area contributed by atoms with Crippen LogP contribution in [0.5, 0.6) is 0 Å². The molecule has 20 heavy (non-hydrogen) atoms. The van der Waals surface area contributed by atoms with Gasteiger partial charge in [-0.3, -0.25) is 4.79 Å². The highest BCUT2D eigenvalue weighted by atomic mass is 32.2. The molecule has 2 atom stereocenters. The quantitative estimate of drug-likeness (QED) is 0.766. The minimum atomic E-state index is -3.61. The van der Waals surface area contributed by atoms with Gasteiger partial charge in [0.25, 0.3) is 10.0 Å². The smallest absolute Gasteiger partial charge is 0.252 e. The summed E-state index contributed by atoms with van der Waals surface area (Å²) in [7, 11) is -2.24. The zero-order valence-electron chi connectivity index (χ0n) is 11.7. The fourth-order valence-electron chi connectivity index (χ4n) is 1.45. The lowest BCUT2D eigenvalue weighted by Gasteiger charge is -2.21. The molecule has 0 aliphatic carbocycles. The molecule has 1 heterocycles. The van der Waals surface area contributed by atoms with Crippen LogP contribution in [0, 0.1) is 5.92 Å². The Morgan fingerprint density at radius 3 is 2.65 bits per heavy atom. The number of nitrogens with zero attached hydrogens (tertiary/aromatic N) is 1. The molecule has 0 aliphatic heterocycles. The maximum atomic E-state index is 12.1. The molecule has 1 rings (SSSR count). The number of amides is 1. The van der Waals surface area contributed by atoms with Crippen LogP contribution in [0.4, 0.5) is 0 Å². The third kappa shape index (κ3) is 4.27. The lowest BCUT2D eigenvalue weighted by Crippen LogP contribution is -2.44. The van der Waals surface area contributed by atoms with Gasteiger partial charge in [0.2, 0.25) is 5.91 Å². The highest BCUT2D eigenvalue weighted by Crippen LogP contribution is 2.19. The molecule has 6 nitrogen and oxygen atoms in total. The topological polar surface area (TPSA) is 86.7 Å². The lowest BCUT2D eigenvalue weighted by molar-refractivity contribution is -0.122. The molecular formula is C12H20N2O4S2. The normalized spacial score (nSPS) is 15.1. The summed E-state index contributed by atoms with van der Waals surface area (Å²) in [6, 6.07) is 2.94.